The van der Waals surface area contributed by atoms with Crippen molar-refractivity contribution >= 4 is 21.8 Å². The van der Waals surface area contributed by atoms with Crippen LogP contribution in [0.4, 0.5) is 0 Å². The van der Waals surface area contributed by atoms with Crippen LogP contribution in [-0.4, -0.2) is 10.9 Å². The molecule has 0 aromatic carbocycles. The lowest BCUT2D eigenvalue weighted by Crippen LogP contribution is -2.12. The highest BCUT2D eigenvalue weighted by atomic mass is 79.9. The van der Waals surface area contributed by atoms with E-state index >= 15 is 0 Å². The standard InChI is InChI=1S/C8H7BrN2O/c1-4-6-3-10-8(12)5(6)2-7(9)11-4/h2H,3H2,1H3,(H,10,12). The summed E-state index contributed by atoms with van der Waals surface area (Å²) in [5.74, 6) is -0.00352. The summed E-state index contributed by atoms with van der Waals surface area (Å²) in [5.41, 5.74) is 2.68. The number of pyridine rings is 1. The molecular weight excluding hydrogens is 220 g/mol. The Morgan fingerprint density at radius 3 is 3.17 bits per heavy atom. The Balaban J connectivity index is 2.68. The molecule has 0 radical (unpaired) electrons. The van der Waals surface area contributed by atoms with E-state index in [4.69, 9.17) is 0 Å². The lowest BCUT2D eigenvalue weighted by Gasteiger charge is -2.00. The normalized spacial score (nSPS) is 14.3. The summed E-state index contributed by atoms with van der Waals surface area (Å²) in [6.45, 7) is 2.52. The summed E-state index contributed by atoms with van der Waals surface area (Å²) >= 11 is 3.25. The van der Waals surface area contributed by atoms with E-state index in [0.717, 1.165) is 21.4 Å². The molecule has 0 saturated heterocycles. The van der Waals surface area contributed by atoms with E-state index in [1.807, 2.05) is 6.92 Å². The topological polar surface area (TPSA) is 42.0 Å². The third-order valence-corrected chi connectivity index (χ3v) is 2.38. The number of aromatic nitrogens is 1. The van der Waals surface area contributed by atoms with E-state index in [1.54, 1.807) is 6.07 Å². The molecule has 0 aliphatic carbocycles. The van der Waals surface area contributed by atoms with Gasteiger partial charge in [0.15, 0.2) is 0 Å². The van der Waals surface area contributed by atoms with Gasteiger partial charge >= 0.3 is 0 Å². The SMILES string of the molecule is Cc1nc(Br)cc2c1CNC2=O. The molecule has 0 spiro atoms. The number of hydrogen-bond acceptors (Lipinski definition) is 2. The van der Waals surface area contributed by atoms with Crippen molar-refractivity contribution in [1.29, 1.82) is 0 Å². The van der Waals surface area contributed by atoms with Crippen LogP contribution in [0.25, 0.3) is 0 Å². The van der Waals surface area contributed by atoms with Crippen LogP contribution in [0.15, 0.2) is 10.7 Å². The van der Waals surface area contributed by atoms with Crippen LogP contribution in [-0.2, 0) is 6.54 Å². The fourth-order valence-electron chi connectivity index (χ4n) is 1.35. The summed E-state index contributed by atoms with van der Waals surface area (Å²) in [6, 6.07) is 1.75. The molecule has 3 nitrogen and oxygen atoms in total. The molecule has 0 fully saturated rings. The third-order valence-electron chi connectivity index (χ3n) is 1.97. The van der Waals surface area contributed by atoms with Gasteiger partial charge in [-0.1, -0.05) is 0 Å². The molecule has 1 aliphatic rings. The quantitative estimate of drug-likeness (QED) is 0.680. The summed E-state index contributed by atoms with van der Waals surface area (Å²) in [6.07, 6.45) is 0. The smallest absolute Gasteiger partial charge is 0.252 e. The maximum atomic E-state index is 11.2. The number of nitrogens with one attached hydrogen (secondary N) is 1. The van der Waals surface area contributed by atoms with Crippen LogP contribution in [0.2, 0.25) is 0 Å². The van der Waals surface area contributed by atoms with E-state index in [2.05, 4.69) is 26.2 Å². The van der Waals surface area contributed by atoms with Gasteiger partial charge in [0.25, 0.3) is 5.91 Å². The maximum absolute atomic E-state index is 11.2. The Kier molecular flexibility index (Phi) is 1.65. The first-order valence-corrected chi connectivity index (χ1v) is 4.42. The molecule has 12 heavy (non-hydrogen) atoms. The number of halogens is 1. The second-order valence-corrected chi connectivity index (χ2v) is 3.55. The lowest BCUT2D eigenvalue weighted by molar-refractivity contribution is 0.0965. The van der Waals surface area contributed by atoms with E-state index in [-0.39, 0.29) is 5.91 Å². The minimum Gasteiger partial charge on any atom is -0.348 e. The van der Waals surface area contributed by atoms with Crippen molar-refractivity contribution in [2.45, 2.75) is 13.5 Å². The Labute approximate surface area is 78.3 Å². The fourth-order valence-corrected chi connectivity index (χ4v) is 1.85. The zero-order chi connectivity index (χ0) is 8.72. The number of carbonyl (C=O) groups excluding carboxylic acids is 1. The van der Waals surface area contributed by atoms with Crippen LogP contribution in [0.5, 0.6) is 0 Å². The van der Waals surface area contributed by atoms with Crippen LogP contribution in [0, 0.1) is 6.92 Å². The first-order chi connectivity index (χ1) is 5.68. The van der Waals surface area contributed by atoms with Crippen molar-refractivity contribution in [3.63, 3.8) is 0 Å². The van der Waals surface area contributed by atoms with Gasteiger partial charge in [-0.2, -0.15) is 0 Å². The van der Waals surface area contributed by atoms with Crippen molar-refractivity contribution in [3.05, 3.63) is 27.5 Å². The van der Waals surface area contributed by atoms with Gasteiger partial charge in [0.05, 0.1) is 0 Å². The largest absolute Gasteiger partial charge is 0.348 e. The van der Waals surface area contributed by atoms with Crippen LogP contribution < -0.4 is 5.32 Å². The molecule has 0 atom stereocenters. The van der Waals surface area contributed by atoms with E-state index < -0.39 is 0 Å². The highest BCUT2D eigenvalue weighted by Gasteiger charge is 2.21. The average Bonchev–Trinajstić information content (AvgIpc) is 2.33. The van der Waals surface area contributed by atoms with Gasteiger partial charge in [0, 0.05) is 23.4 Å². The predicted octanol–water partition coefficient (Wildman–Crippen LogP) is 1.40. The van der Waals surface area contributed by atoms with Crippen molar-refractivity contribution in [2.24, 2.45) is 0 Å². The summed E-state index contributed by atoms with van der Waals surface area (Å²) in [7, 11) is 0. The number of amides is 1. The van der Waals surface area contributed by atoms with Gasteiger partial charge < -0.3 is 5.32 Å². The molecular formula is C8H7BrN2O. The molecule has 2 heterocycles. The van der Waals surface area contributed by atoms with Gasteiger partial charge in [-0.3, -0.25) is 4.79 Å². The van der Waals surface area contributed by atoms with Gasteiger partial charge in [-0.15, -0.1) is 0 Å². The van der Waals surface area contributed by atoms with Gasteiger partial charge in [-0.25, -0.2) is 4.98 Å². The Morgan fingerprint density at radius 2 is 2.42 bits per heavy atom. The highest BCUT2D eigenvalue weighted by molar-refractivity contribution is 9.10. The molecule has 0 unspecified atom stereocenters. The Morgan fingerprint density at radius 1 is 1.67 bits per heavy atom. The summed E-state index contributed by atoms with van der Waals surface area (Å²) in [5, 5.41) is 2.75. The molecule has 0 saturated carbocycles. The minimum atomic E-state index is -0.00352. The maximum Gasteiger partial charge on any atom is 0.252 e. The second-order valence-electron chi connectivity index (χ2n) is 2.74. The number of nitrogens with zero attached hydrogens (tertiary/aromatic N) is 1. The predicted molar refractivity (Wildman–Crippen MR) is 47.8 cm³/mol. The zero-order valence-electron chi connectivity index (χ0n) is 6.52. The van der Waals surface area contributed by atoms with E-state index in [9.17, 15) is 4.79 Å². The Bertz CT molecular complexity index is 362. The van der Waals surface area contributed by atoms with E-state index in [1.165, 1.54) is 0 Å². The minimum absolute atomic E-state index is 0.00352. The highest BCUT2D eigenvalue weighted by Crippen LogP contribution is 2.21. The van der Waals surface area contributed by atoms with Crippen molar-refractivity contribution in [3.8, 4) is 0 Å². The van der Waals surface area contributed by atoms with Crippen molar-refractivity contribution in [1.82, 2.24) is 10.3 Å². The molecule has 1 aromatic rings. The first-order valence-electron chi connectivity index (χ1n) is 3.62. The van der Waals surface area contributed by atoms with Crippen LogP contribution in [0.3, 0.4) is 0 Å². The number of carbonyl (C=O) groups is 1. The van der Waals surface area contributed by atoms with E-state index in [0.29, 0.717) is 6.54 Å². The molecule has 2 rings (SSSR count). The van der Waals surface area contributed by atoms with Crippen molar-refractivity contribution < 1.29 is 4.79 Å². The number of rotatable bonds is 0. The second kappa shape index (κ2) is 2.55. The fraction of sp³-hybridized carbons (Fsp3) is 0.250. The summed E-state index contributed by atoms with van der Waals surface area (Å²) < 4.78 is 0.718. The van der Waals surface area contributed by atoms with Gasteiger partial charge in [0.2, 0.25) is 0 Å². The van der Waals surface area contributed by atoms with Crippen molar-refractivity contribution in [2.75, 3.05) is 0 Å². The van der Waals surface area contributed by atoms with Gasteiger partial charge in [0.1, 0.15) is 4.60 Å². The van der Waals surface area contributed by atoms with Crippen LogP contribution >= 0.6 is 15.9 Å². The van der Waals surface area contributed by atoms with Crippen LogP contribution in [0.1, 0.15) is 21.6 Å². The number of fused-ring (bicyclic) bond motifs is 1. The molecule has 1 aromatic heterocycles. The first kappa shape index (κ1) is 7.73. The molecule has 1 N–H and O–H groups in total. The summed E-state index contributed by atoms with van der Waals surface area (Å²) in [4.78, 5) is 15.4. The lowest BCUT2D eigenvalue weighted by atomic mass is 10.1. The molecule has 1 aliphatic heterocycles. The Hall–Kier alpha value is -0.900. The average molecular weight is 227 g/mol. The van der Waals surface area contributed by atoms with Gasteiger partial charge in [-0.05, 0) is 28.9 Å². The zero-order valence-corrected chi connectivity index (χ0v) is 8.10. The third kappa shape index (κ3) is 1.03. The monoisotopic (exact) mass is 226 g/mol. The number of aryl methyl sites for hydroxylation is 1. The molecule has 0 bridgehead atoms. The molecule has 62 valence electrons. The molecule has 4 heteroatoms. The number of hydrogen-bond donors (Lipinski definition) is 1. The molecule has 1 amide bonds.